The minimum Gasteiger partial charge on any atom is -0.316 e. The molecule has 1 aliphatic rings. The largest absolute Gasteiger partial charge is 0.316 e. The second-order valence-electron chi connectivity index (χ2n) is 4.89. The molecule has 0 unspecified atom stereocenters. The second-order valence-corrected chi connectivity index (χ2v) is 6.66. The monoisotopic (exact) mass is 282 g/mol. The molecule has 0 atom stereocenters. The van der Waals surface area contributed by atoms with E-state index in [0.717, 1.165) is 25.8 Å². The predicted molar refractivity (Wildman–Crippen MR) is 76.8 cm³/mol. The highest BCUT2D eigenvalue weighted by molar-refractivity contribution is 7.89. The van der Waals surface area contributed by atoms with Crippen LogP contribution in [0.15, 0.2) is 23.1 Å². The van der Waals surface area contributed by atoms with E-state index in [9.17, 15) is 8.42 Å². The van der Waals surface area contributed by atoms with Gasteiger partial charge in [0.05, 0.1) is 4.90 Å². The Morgan fingerprint density at radius 2 is 1.84 bits per heavy atom. The Labute approximate surface area is 115 Å². The Morgan fingerprint density at radius 3 is 2.58 bits per heavy atom. The van der Waals surface area contributed by atoms with E-state index in [-0.39, 0.29) is 0 Å². The van der Waals surface area contributed by atoms with Gasteiger partial charge in [-0.05, 0) is 55.5 Å². The number of rotatable bonds is 6. The van der Waals surface area contributed by atoms with Crippen LogP contribution in [0.5, 0.6) is 0 Å². The number of aryl methyl sites for hydroxylation is 2. The lowest BCUT2D eigenvalue weighted by molar-refractivity contribution is 0.577. The van der Waals surface area contributed by atoms with E-state index < -0.39 is 10.0 Å². The summed E-state index contributed by atoms with van der Waals surface area (Å²) in [6.07, 6.45) is 4.43. The third-order valence-electron chi connectivity index (χ3n) is 3.47. The molecule has 0 heterocycles. The lowest BCUT2D eigenvalue weighted by atomic mass is 9.92. The summed E-state index contributed by atoms with van der Waals surface area (Å²) in [6.45, 7) is 3.92. The first-order valence-electron chi connectivity index (χ1n) is 6.95. The third-order valence-corrected chi connectivity index (χ3v) is 4.93. The van der Waals surface area contributed by atoms with Crippen molar-refractivity contribution in [3.63, 3.8) is 0 Å². The van der Waals surface area contributed by atoms with Gasteiger partial charge < -0.3 is 5.32 Å². The molecule has 106 valence electrons. The molecular weight excluding hydrogens is 260 g/mol. The zero-order valence-corrected chi connectivity index (χ0v) is 12.2. The Morgan fingerprint density at radius 1 is 1.11 bits per heavy atom. The lowest BCUT2D eigenvalue weighted by Gasteiger charge is -2.16. The van der Waals surface area contributed by atoms with Crippen LogP contribution >= 0.6 is 0 Å². The number of hydrogen-bond acceptors (Lipinski definition) is 3. The molecule has 0 radical (unpaired) electrons. The van der Waals surface area contributed by atoms with Gasteiger partial charge in [0.15, 0.2) is 0 Å². The first-order valence-corrected chi connectivity index (χ1v) is 8.44. The Bertz CT molecular complexity index is 526. The van der Waals surface area contributed by atoms with Gasteiger partial charge in [-0.25, -0.2) is 13.1 Å². The first kappa shape index (κ1) is 14.5. The van der Waals surface area contributed by atoms with Crippen LogP contribution in [-0.2, 0) is 22.9 Å². The molecule has 5 heteroatoms. The Hall–Kier alpha value is -0.910. The molecule has 0 amide bonds. The zero-order valence-electron chi connectivity index (χ0n) is 11.4. The van der Waals surface area contributed by atoms with Gasteiger partial charge in [0.25, 0.3) is 0 Å². The Kier molecular flexibility index (Phi) is 4.96. The van der Waals surface area contributed by atoms with Crippen LogP contribution in [0.4, 0.5) is 0 Å². The van der Waals surface area contributed by atoms with Crippen LogP contribution < -0.4 is 10.0 Å². The van der Waals surface area contributed by atoms with Gasteiger partial charge in [-0.15, -0.1) is 0 Å². The standard InChI is InChI=1S/C14H22N2O2S/c1-2-15-9-10-16-19(17,18)14-8-7-12-5-3-4-6-13(12)11-14/h7-8,11,15-16H,2-6,9-10H2,1H3. The molecule has 1 aromatic carbocycles. The minimum atomic E-state index is -3.36. The quantitative estimate of drug-likeness (QED) is 0.777. The second kappa shape index (κ2) is 6.50. The van der Waals surface area contributed by atoms with Crippen molar-refractivity contribution in [3.05, 3.63) is 29.3 Å². The first-order chi connectivity index (χ1) is 9.13. The van der Waals surface area contributed by atoms with Gasteiger partial charge in [-0.3, -0.25) is 0 Å². The fourth-order valence-corrected chi connectivity index (χ4v) is 3.49. The van der Waals surface area contributed by atoms with Crippen LogP contribution in [0.1, 0.15) is 30.9 Å². The van der Waals surface area contributed by atoms with Gasteiger partial charge >= 0.3 is 0 Å². The van der Waals surface area contributed by atoms with Crippen LogP contribution in [0, 0.1) is 0 Å². The van der Waals surface area contributed by atoms with Gasteiger partial charge in [0.2, 0.25) is 10.0 Å². The third kappa shape index (κ3) is 3.78. The molecule has 2 rings (SSSR count). The highest BCUT2D eigenvalue weighted by Crippen LogP contribution is 2.23. The highest BCUT2D eigenvalue weighted by Gasteiger charge is 2.16. The number of benzene rings is 1. The molecule has 1 aliphatic carbocycles. The maximum Gasteiger partial charge on any atom is 0.240 e. The molecule has 19 heavy (non-hydrogen) atoms. The van der Waals surface area contributed by atoms with Crippen LogP contribution in [0.25, 0.3) is 0 Å². The van der Waals surface area contributed by atoms with E-state index in [4.69, 9.17) is 0 Å². The number of fused-ring (bicyclic) bond motifs is 1. The lowest BCUT2D eigenvalue weighted by Crippen LogP contribution is -2.31. The van der Waals surface area contributed by atoms with Crippen molar-refractivity contribution in [1.29, 1.82) is 0 Å². The van der Waals surface area contributed by atoms with E-state index in [0.29, 0.717) is 18.0 Å². The van der Waals surface area contributed by atoms with Crippen LogP contribution in [0.3, 0.4) is 0 Å². The molecule has 0 spiro atoms. The normalized spacial score (nSPS) is 15.2. The maximum atomic E-state index is 12.1. The average molecular weight is 282 g/mol. The number of sulfonamides is 1. The number of likely N-dealkylation sites (N-methyl/N-ethyl adjacent to an activating group) is 1. The maximum absolute atomic E-state index is 12.1. The van der Waals surface area contributed by atoms with E-state index >= 15 is 0 Å². The molecule has 2 N–H and O–H groups in total. The summed E-state index contributed by atoms with van der Waals surface area (Å²) in [6, 6.07) is 5.52. The predicted octanol–water partition coefficient (Wildman–Crippen LogP) is 1.45. The van der Waals surface area contributed by atoms with Crippen molar-refractivity contribution in [1.82, 2.24) is 10.0 Å². The fourth-order valence-electron chi connectivity index (χ4n) is 2.41. The van der Waals surface area contributed by atoms with Crippen LogP contribution in [0.2, 0.25) is 0 Å². The van der Waals surface area contributed by atoms with Gasteiger partial charge in [0, 0.05) is 13.1 Å². The molecule has 0 aliphatic heterocycles. The zero-order chi connectivity index (χ0) is 13.7. The van der Waals surface area contributed by atoms with E-state index in [1.807, 2.05) is 19.1 Å². The fraction of sp³-hybridized carbons (Fsp3) is 0.571. The smallest absolute Gasteiger partial charge is 0.240 e. The summed E-state index contributed by atoms with van der Waals surface area (Å²) >= 11 is 0. The van der Waals surface area contributed by atoms with E-state index in [1.54, 1.807) is 6.07 Å². The molecule has 1 aromatic rings. The highest BCUT2D eigenvalue weighted by atomic mass is 32.2. The molecule has 0 saturated carbocycles. The summed E-state index contributed by atoms with van der Waals surface area (Å²) in [7, 11) is -3.36. The van der Waals surface area contributed by atoms with Crippen molar-refractivity contribution in [2.45, 2.75) is 37.5 Å². The summed E-state index contributed by atoms with van der Waals surface area (Å²) < 4.78 is 26.9. The summed E-state index contributed by atoms with van der Waals surface area (Å²) in [5, 5.41) is 3.10. The molecular formula is C14H22N2O2S. The van der Waals surface area contributed by atoms with Gasteiger partial charge in [-0.1, -0.05) is 13.0 Å². The van der Waals surface area contributed by atoms with Gasteiger partial charge in [0.1, 0.15) is 0 Å². The average Bonchev–Trinajstić information content (AvgIpc) is 2.43. The molecule has 0 aromatic heterocycles. The van der Waals surface area contributed by atoms with Crippen molar-refractivity contribution in [2.24, 2.45) is 0 Å². The molecule has 0 fully saturated rings. The topological polar surface area (TPSA) is 58.2 Å². The van der Waals surface area contributed by atoms with Crippen molar-refractivity contribution in [2.75, 3.05) is 19.6 Å². The number of nitrogens with one attached hydrogen (secondary N) is 2. The summed E-state index contributed by atoms with van der Waals surface area (Å²) in [5.74, 6) is 0. The van der Waals surface area contributed by atoms with Crippen LogP contribution in [-0.4, -0.2) is 28.1 Å². The summed E-state index contributed by atoms with van der Waals surface area (Å²) in [4.78, 5) is 0.393. The SMILES string of the molecule is CCNCCNS(=O)(=O)c1ccc2c(c1)CCCC2. The van der Waals surface area contributed by atoms with Crippen molar-refractivity contribution >= 4 is 10.0 Å². The van der Waals surface area contributed by atoms with E-state index in [2.05, 4.69) is 10.0 Å². The Balaban J connectivity index is 2.07. The van der Waals surface area contributed by atoms with Crippen molar-refractivity contribution in [3.8, 4) is 0 Å². The molecule has 0 saturated heterocycles. The van der Waals surface area contributed by atoms with E-state index in [1.165, 1.54) is 17.5 Å². The number of hydrogen-bond donors (Lipinski definition) is 2. The summed E-state index contributed by atoms with van der Waals surface area (Å²) in [5.41, 5.74) is 2.50. The minimum absolute atomic E-state index is 0.393. The van der Waals surface area contributed by atoms with Gasteiger partial charge in [-0.2, -0.15) is 0 Å². The van der Waals surface area contributed by atoms with Crippen molar-refractivity contribution < 1.29 is 8.42 Å². The molecule has 4 nitrogen and oxygen atoms in total. The molecule has 0 bridgehead atoms.